The number of nitro groups is 1. The van der Waals surface area contributed by atoms with Crippen molar-refractivity contribution < 1.29 is 9.72 Å². The minimum atomic E-state index is -0.589. The summed E-state index contributed by atoms with van der Waals surface area (Å²) in [5, 5.41) is 13.5. The molecule has 0 heterocycles. The van der Waals surface area contributed by atoms with Gasteiger partial charge in [0.15, 0.2) is 0 Å². The van der Waals surface area contributed by atoms with E-state index in [4.69, 9.17) is 11.6 Å². The summed E-state index contributed by atoms with van der Waals surface area (Å²) in [6, 6.07) is 11.6. The van der Waals surface area contributed by atoms with Crippen molar-refractivity contribution in [3.63, 3.8) is 0 Å². The number of hydrogen-bond acceptors (Lipinski definition) is 3. The molecule has 6 nitrogen and oxygen atoms in total. The molecule has 0 aromatic heterocycles. The third kappa shape index (κ3) is 4.43. The number of anilines is 1. The molecule has 2 amide bonds. The minimum Gasteiger partial charge on any atom is -0.323 e. The Bertz CT molecular complexity index is 732. The lowest BCUT2D eigenvalue weighted by molar-refractivity contribution is -0.384. The van der Waals surface area contributed by atoms with Crippen LogP contribution in [-0.4, -0.2) is 22.9 Å². The van der Waals surface area contributed by atoms with Crippen molar-refractivity contribution in [3.05, 3.63) is 68.7 Å². The third-order valence-corrected chi connectivity index (χ3v) is 3.60. The molecule has 1 N–H and O–H groups in total. The van der Waals surface area contributed by atoms with E-state index in [2.05, 4.69) is 5.32 Å². The second kappa shape index (κ2) is 7.11. The lowest BCUT2D eigenvalue weighted by Gasteiger charge is -2.18. The van der Waals surface area contributed by atoms with Gasteiger partial charge in [-0.05, 0) is 24.6 Å². The molecule has 0 unspecified atom stereocenters. The first-order chi connectivity index (χ1) is 10.9. The predicted molar refractivity (Wildman–Crippen MR) is 89.8 cm³/mol. The summed E-state index contributed by atoms with van der Waals surface area (Å²) in [7, 11) is 1.65. The van der Waals surface area contributed by atoms with Crippen molar-refractivity contribution in [1.29, 1.82) is 0 Å². The van der Waals surface area contributed by atoms with Gasteiger partial charge in [-0.1, -0.05) is 41.4 Å². The number of aryl methyl sites for hydroxylation is 1. The van der Waals surface area contributed by atoms with E-state index in [9.17, 15) is 14.9 Å². The Labute approximate surface area is 138 Å². The number of nitrogens with one attached hydrogen (secondary N) is 1. The zero-order valence-electron chi connectivity index (χ0n) is 12.7. The van der Waals surface area contributed by atoms with Crippen LogP contribution >= 0.6 is 11.6 Å². The van der Waals surface area contributed by atoms with E-state index in [1.54, 1.807) is 7.05 Å². The van der Waals surface area contributed by atoms with Crippen molar-refractivity contribution in [3.8, 4) is 0 Å². The topological polar surface area (TPSA) is 75.5 Å². The average Bonchev–Trinajstić information content (AvgIpc) is 2.51. The summed E-state index contributed by atoms with van der Waals surface area (Å²) >= 11 is 5.75. The fraction of sp³-hybridized carbons (Fsp3) is 0.188. The monoisotopic (exact) mass is 333 g/mol. The molecule has 7 heteroatoms. The molecule has 0 bridgehead atoms. The number of benzene rings is 2. The fourth-order valence-corrected chi connectivity index (χ4v) is 2.17. The second-order valence-corrected chi connectivity index (χ2v) is 5.60. The molecular formula is C16H16ClN3O3. The molecule has 0 aliphatic rings. The van der Waals surface area contributed by atoms with E-state index >= 15 is 0 Å². The molecule has 0 spiro atoms. The van der Waals surface area contributed by atoms with Gasteiger partial charge in [0.25, 0.3) is 5.69 Å². The Hall–Kier alpha value is -2.60. The van der Waals surface area contributed by atoms with Gasteiger partial charge in [0.1, 0.15) is 5.02 Å². The maximum Gasteiger partial charge on any atom is 0.321 e. The van der Waals surface area contributed by atoms with E-state index in [1.807, 2.05) is 31.2 Å². The molecule has 23 heavy (non-hydrogen) atoms. The summed E-state index contributed by atoms with van der Waals surface area (Å²) in [6.07, 6.45) is 0. The summed E-state index contributed by atoms with van der Waals surface area (Å²) < 4.78 is 0. The van der Waals surface area contributed by atoms with Crippen LogP contribution < -0.4 is 5.32 Å². The van der Waals surface area contributed by atoms with Gasteiger partial charge in [-0.2, -0.15) is 0 Å². The lowest BCUT2D eigenvalue weighted by atomic mass is 10.1. The van der Waals surface area contributed by atoms with Gasteiger partial charge in [0.05, 0.1) is 4.92 Å². The van der Waals surface area contributed by atoms with Crippen molar-refractivity contribution in [1.82, 2.24) is 4.90 Å². The Balaban J connectivity index is 2.04. The highest BCUT2D eigenvalue weighted by molar-refractivity contribution is 6.32. The number of rotatable bonds is 4. The average molecular weight is 334 g/mol. The lowest BCUT2D eigenvalue weighted by Crippen LogP contribution is -2.30. The van der Waals surface area contributed by atoms with E-state index in [-0.39, 0.29) is 16.7 Å². The molecule has 120 valence electrons. The largest absolute Gasteiger partial charge is 0.323 e. The van der Waals surface area contributed by atoms with Gasteiger partial charge in [-0.25, -0.2) is 4.79 Å². The highest BCUT2D eigenvalue weighted by Crippen LogP contribution is 2.27. The number of urea groups is 1. The first-order valence-electron chi connectivity index (χ1n) is 6.88. The molecule has 2 aromatic rings. The zero-order chi connectivity index (χ0) is 17.0. The minimum absolute atomic E-state index is 0.0287. The maximum atomic E-state index is 12.2. The SMILES string of the molecule is Cc1ccc(CN(C)C(=O)Nc2ccc(Cl)c([N+](=O)[O-])c2)cc1. The number of halogens is 1. The highest BCUT2D eigenvalue weighted by Gasteiger charge is 2.15. The zero-order valence-corrected chi connectivity index (χ0v) is 13.5. The molecule has 0 fully saturated rings. The molecule has 2 aromatic carbocycles. The predicted octanol–water partition coefficient (Wildman–Crippen LogP) is 4.22. The first-order valence-corrected chi connectivity index (χ1v) is 7.26. The van der Waals surface area contributed by atoms with E-state index in [0.717, 1.165) is 11.1 Å². The summed E-state index contributed by atoms with van der Waals surface area (Å²) in [5.41, 5.74) is 2.22. The Morgan fingerprint density at radius 3 is 2.52 bits per heavy atom. The summed E-state index contributed by atoms with van der Waals surface area (Å²) in [5.74, 6) is 0. The summed E-state index contributed by atoms with van der Waals surface area (Å²) in [6.45, 7) is 2.43. The van der Waals surface area contributed by atoms with Crippen LogP contribution in [0, 0.1) is 17.0 Å². The van der Waals surface area contributed by atoms with Gasteiger partial charge in [0.2, 0.25) is 0 Å². The van der Waals surface area contributed by atoms with E-state index < -0.39 is 4.92 Å². The van der Waals surface area contributed by atoms with Crippen LogP contribution in [-0.2, 0) is 6.54 Å². The highest BCUT2D eigenvalue weighted by atomic mass is 35.5. The number of nitrogens with zero attached hydrogens (tertiary/aromatic N) is 2. The number of amides is 2. The molecule has 0 aliphatic heterocycles. The van der Waals surface area contributed by atoms with E-state index in [0.29, 0.717) is 12.2 Å². The van der Waals surface area contributed by atoms with Crippen molar-refractivity contribution in [2.24, 2.45) is 0 Å². The van der Waals surface area contributed by atoms with Crippen LogP contribution in [0.25, 0.3) is 0 Å². The van der Waals surface area contributed by atoms with Crippen LogP contribution in [0.1, 0.15) is 11.1 Å². The van der Waals surface area contributed by atoms with Gasteiger partial charge in [0, 0.05) is 25.3 Å². The number of carbonyl (C=O) groups is 1. The molecule has 0 atom stereocenters. The molecule has 0 saturated carbocycles. The first kappa shape index (κ1) is 16.8. The van der Waals surface area contributed by atoms with Gasteiger partial charge in [-0.15, -0.1) is 0 Å². The Morgan fingerprint density at radius 2 is 1.91 bits per heavy atom. The molecule has 0 aliphatic carbocycles. The maximum absolute atomic E-state index is 12.2. The van der Waals surface area contributed by atoms with Crippen molar-refractivity contribution >= 4 is 29.0 Å². The second-order valence-electron chi connectivity index (χ2n) is 5.20. The Kier molecular flexibility index (Phi) is 5.18. The Morgan fingerprint density at radius 1 is 1.26 bits per heavy atom. The number of carbonyl (C=O) groups excluding carboxylic acids is 1. The van der Waals surface area contributed by atoms with E-state index in [1.165, 1.54) is 23.1 Å². The molecule has 2 rings (SSSR count). The van der Waals surface area contributed by atoms with Crippen LogP contribution in [0.2, 0.25) is 5.02 Å². The quantitative estimate of drug-likeness (QED) is 0.672. The smallest absolute Gasteiger partial charge is 0.321 e. The molecule has 0 saturated heterocycles. The van der Waals surface area contributed by atoms with Crippen LogP contribution in [0.4, 0.5) is 16.2 Å². The van der Waals surface area contributed by atoms with Gasteiger partial charge < -0.3 is 10.2 Å². The fourth-order valence-electron chi connectivity index (χ4n) is 1.99. The van der Waals surface area contributed by atoms with Crippen molar-refractivity contribution in [2.45, 2.75) is 13.5 Å². The van der Waals surface area contributed by atoms with Crippen LogP contribution in [0.15, 0.2) is 42.5 Å². The van der Waals surface area contributed by atoms with Gasteiger partial charge >= 0.3 is 6.03 Å². The molecule has 0 radical (unpaired) electrons. The molecular weight excluding hydrogens is 318 g/mol. The standard InChI is InChI=1S/C16H16ClN3O3/c1-11-3-5-12(6-4-11)10-19(2)16(21)18-13-7-8-14(17)15(9-13)20(22)23/h3-9H,10H2,1-2H3,(H,18,21). The normalized spacial score (nSPS) is 10.2. The van der Waals surface area contributed by atoms with Crippen LogP contribution in [0.5, 0.6) is 0 Å². The van der Waals surface area contributed by atoms with Crippen LogP contribution in [0.3, 0.4) is 0 Å². The van der Waals surface area contributed by atoms with Gasteiger partial charge in [-0.3, -0.25) is 10.1 Å². The third-order valence-electron chi connectivity index (χ3n) is 3.28. The van der Waals surface area contributed by atoms with Crippen molar-refractivity contribution in [2.75, 3.05) is 12.4 Å². The summed E-state index contributed by atoms with van der Waals surface area (Å²) in [4.78, 5) is 23.9. The number of nitro benzene ring substituents is 1. The number of hydrogen-bond donors (Lipinski definition) is 1.